The number of fused-ring (bicyclic) bond motifs is 3. The number of halogens is 2. The lowest BCUT2D eigenvalue weighted by Gasteiger charge is -2.13. The van der Waals surface area contributed by atoms with Gasteiger partial charge in [-0.1, -0.05) is 27.5 Å². The van der Waals surface area contributed by atoms with E-state index in [2.05, 4.69) is 25.9 Å². The topological polar surface area (TPSA) is 35.0 Å². The van der Waals surface area contributed by atoms with Gasteiger partial charge in [-0.05, 0) is 38.1 Å². The third-order valence-corrected chi connectivity index (χ3v) is 3.71. The average molecular weight is 352 g/mol. The first kappa shape index (κ1) is 13.6. The van der Waals surface area contributed by atoms with Gasteiger partial charge in [0.25, 0.3) is 0 Å². The van der Waals surface area contributed by atoms with Gasteiger partial charge in [0.05, 0.1) is 11.6 Å². The van der Waals surface area contributed by atoms with Crippen LogP contribution in [0.5, 0.6) is 5.88 Å². The number of hydrogen-bond donors (Lipinski definition) is 0. The first-order chi connectivity index (χ1) is 9.56. The molecule has 102 valence electrons. The second-order valence-electron chi connectivity index (χ2n) is 4.77. The fourth-order valence-corrected chi connectivity index (χ4v) is 2.78. The van der Waals surface area contributed by atoms with Gasteiger partial charge in [-0.2, -0.15) is 0 Å². The van der Waals surface area contributed by atoms with Crippen LogP contribution in [0.4, 0.5) is 0 Å². The van der Waals surface area contributed by atoms with E-state index in [0.29, 0.717) is 11.0 Å². The van der Waals surface area contributed by atoms with Crippen molar-refractivity contribution in [2.24, 2.45) is 0 Å². The van der Waals surface area contributed by atoms with Crippen LogP contribution < -0.4 is 4.74 Å². The summed E-state index contributed by atoms with van der Waals surface area (Å²) in [6.45, 7) is 3.96. The summed E-state index contributed by atoms with van der Waals surface area (Å²) in [5.74, 6) is 0.622. The Morgan fingerprint density at radius 2 is 2.00 bits per heavy atom. The molecule has 20 heavy (non-hydrogen) atoms. The first-order valence-corrected chi connectivity index (χ1v) is 7.43. The zero-order valence-corrected chi connectivity index (χ0v) is 13.4. The Labute approximate surface area is 130 Å². The number of pyridine rings is 2. The molecule has 3 nitrogen and oxygen atoms in total. The molecule has 0 bridgehead atoms. The molecule has 0 spiro atoms. The van der Waals surface area contributed by atoms with Crippen LogP contribution in [0, 0.1) is 0 Å². The molecule has 3 rings (SSSR count). The Bertz CT molecular complexity index is 805. The smallest absolute Gasteiger partial charge is 0.222 e. The van der Waals surface area contributed by atoms with Crippen molar-refractivity contribution >= 4 is 49.2 Å². The molecule has 0 aliphatic carbocycles. The quantitative estimate of drug-likeness (QED) is 0.482. The third kappa shape index (κ3) is 2.34. The van der Waals surface area contributed by atoms with Gasteiger partial charge in [0.15, 0.2) is 0 Å². The molecule has 0 fully saturated rings. The van der Waals surface area contributed by atoms with Gasteiger partial charge in [0.2, 0.25) is 5.88 Å². The molecule has 0 atom stereocenters. The van der Waals surface area contributed by atoms with Crippen LogP contribution in [0.3, 0.4) is 0 Å². The Balaban J connectivity index is 2.45. The minimum atomic E-state index is 0.0594. The summed E-state index contributed by atoms with van der Waals surface area (Å²) < 4.78 is 6.80. The molecular formula is C15H12BrClN2O. The Morgan fingerprint density at radius 1 is 1.20 bits per heavy atom. The highest BCUT2D eigenvalue weighted by atomic mass is 79.9. The first-order valence-electron chi connectivity index (χ1n) is 6.26. The van der Waals surface area contributed by atoms with Crippen molar-refractivity contribution in [1.82, 2.24) is 9.97 Å². The van der Waals surface area contributed by atoms with Gasteiger partial charge in [0.1, 0.15) is 5.15 Å². The van der Waals surface area contributed by atoms with E-state index >= 15 is 0 Å². The van der Waals surface area contributed by atoms with E-state index in [1.807, 2.05) is 38.1 Å². The maximum Gasteiger partial charge on any atom is 0.222 e. The lowest BCUT2D eigenvalue weighted by Crippen LogP contribution is -2.07. The van der Waals surface area contributed by atoms with E-state index in [9.17, 15) is 0 Å². The number of ether oxygens (including phenoxy) is 1. The molecule has 0 aliphatic rings. The van der Waals surface area contributed by atoms with Gasteiger partial charge in [-0.15, -0.1) is 0 Å². The average Bonchev–Trinajstić information content (AvgIpc) is 2.37. The molecule has 1 aromatic carbocycles. The van der Waals surface area contributed by atoms with Gasteiger partial charge in [-0.25, -0.2) is 9.97 Å². The van der Waals surface area contributed by atoms with Crippen LogP contribution in [0.25, 0.3) is 21.7 Å². The molecule has 0 aliphatic heterocycles. The van der Waals surface area contributed by atoms with Gasteiger partial charge in [0, 0.05) is 26.8 Å². The van der Waals surface area contributed by atoms with Crippen LogP contribution in [0.1, 0.15) is 13.8 Å². The van der Waals surface area contributed by atoms with Crippen LogP contribution in [0.2, 0.25) is 5.15 Å². The molecule has 0 saturated heterocycles. The highest BCUT2D eigenvalue weighted by Crippen LogP contribution is 2.35. The van der Waals surface area contributed by atoms with Crippen molar-refractivity contribution in [3.63, 3.8) is 0 Å². The summed E-state index contributed by atoms with van der Waals surface area (Å²) >= 11 is 9.73. The van der Waals surface area contributed by atoms with Crippen LogP contribution in [-0.2, 0) is 0 Å². The number of benzene rings is 1. The highest BCUT2D eigenvalue weighted by molar-refractivity contribution is 9.10. The predicted octanol–water partition coefficient (Wildman–Crippen LogP) is 4.99. The van der Waals surface area contributed by atoms with Crippen LogP contribution >= 0.6 is 27.5 Å². The van der Waals surface area contributed by atoms with Crippen molar-refractivity contribution in [2.45, 2.75) is 20.0 Å². The van der Waals surface area contributed by atoms with Crippen LogP contribution in [-0.4, -0.2) is 16.1 Å². The van der Waals surface area contributed by atoms with Crippen molar-refractivity contribution in [3.05, 3.63) is 40.1 Å². The highest BCUT2D eigenvalue weighted by Gasteiger charge is 2.13. The standard InChI is InChI=1S/C15H12BrClN2O/c1-8(2)20-15-10-4-3-9(16)7-11(10)13-12(19-15)5-6-18-14(13)17/h3-8H,1-2H3. The van der Waals surface area contributed by atoms with E-state index in [4.69, 9.17) is 16.3 Å². The van der Waals surface area contributed by atoms with Gasteiger partial charge < -0.3 is 4.74 Å². The van der Waals surface area contributed by atoms with Crippen molar-refractivity contribution in [2.75, 3.05) is 0 Å². The normalized spacial score (nSPS) is 11.4. The molecule has 0 unspecified atom stereocenters. The van der Waals surface area contributed by atoms with Crippen molar-refractivity contribution in [1.29, 1.82) is 0 Å². The minimum Gasteiger partial charge on any atom is -0.474 e. The largest absolute Gasteiger partial charge is 0.474 e. The van der Waals surface area contributed by atoms with Crippen molar-refractivity contribution in [3.8, 4) is 5.88 Å². The molecule has 2 heterocycles. The molecule has 0 N–H and O–H groups in total. The van der Waals surface area contributed by atoms with Gasteiger partial charge in [-0.3, -0.25) is 0 Å². The summed E-state index contributed by atoms with van der Waals surface area (Å²) in [4.78, 5) is 8.72. The fraction of sp³-hybridized carbons (Fsp3) is 0.200. The predicted molar refractivity (Wildman–Crippen MR) is 85.5 cm³/mol. The van der Waals surface area contributed by atoms with Crippen molar-refractivity contribution < 1.29 is 4.74 Å². The summed E-state index contributed by atoms with van der Waals surface area (Å²) in [6.07, 6.45) is 1.71. The molecule has 5 heteroatoms. The van der Waals surface area contributed by atoms with Crippen LogP contribution in [0.15, 0.2) is 34.9 Å². The molecule has 0 radical (unpaired) electrons. The Kier molecular flexibility index (Phi) is 3.52. The van der Waals surface area contributed by atoms with E-state index < -0.39 is 0 Å². The van der Waals surface area contributed by atoms with E-state index in [1.54, 1.807) is 6.20 Å². The lowest BCUT2D eigenvalue weighted by molar-refractivity contribution is 0.237. The fourth-order valence-electron chi connectivity index (χ4n) is 2.16. The van der Waals surface area contributed by atoms with E-state index in [0.717, 1.165) is 26.1 Å². The molecule has 3 aromatic rings. The summed E-state index contributed by atoms with van der Waals surface area (Å²) in [6, 6.07) is 7.80. The van der Waals surface area contributed by atoms with E-state index in [1.165, 1.54) is 0 Å². The zero-order valence-electron chi connectivity index (χ0n) is 11.0. The molecule has 2 aromatic heterocycles. The molecular weight excluding hydrogens is 340 g/mol. The zero-order chi connectivity index (χ0) is 14.3. The number of aromatic nitrogens is 2. The maximum absolute atomic E-state index is 6.24. The Hall–Kier alpha value is -1.39. The summed E-state index contributed by atoms with van der Waals surface area (Å²) in [5.41, 5.74) is 0.784. The number of rotatable bonds is 2. The molecule has 0 saturated carbocycles. The summed E-state index contributed by atoms with van der Waals surface area (Å²) in [7, 11) is 0. The van der Waals surface area contributed by atoms with E-state index in [-0.39, 0.29) is 6.10 Å². The minimum absolute atomic E-state index is 0.0594. The van der Waals surface area contributed by atoms with Gasteiger partial charge >= 0.3 is 0 Å². The second kappa shape index (κ2) is 5.19. The third-order valence-electron chi connectivity index (χ3n) is 2.93. The molecule has 0 amide bonds. The number of nitrogens with zero attached hydrogens (tertiary/aromatic N) is 2. The Morgan fingerprint density at radius 3 is 2.75 bits per heavy atom. The second-order valence-corrected chi connectivity index (χ2v) is 6.04. The SMILES string of the molecule is CC(C)Oc1nc2ccnc(Cl)c2c2cc(Br)ccc12. The maximum atomic E-state index is 6.24. The summed E-state index contributed by atoms with van der Waals surface area (Å²) in [5, 5.41) is 3.22. The number of hydrogen-bond acceptors (Lipinski definition) is 3. The monoisotopic (exact) mass is 350 g/mol. The lowest BCUT2D eigenvalue weighted by atomic mass is 10.1.